The standard InChI is InChI=1S/C30H39BFNO7/c1-3-7-20-16-21-28(30(38)33(29(21)37)13-6-4-5-8-26(35)36)22-17-31(39)40-25(27(20)22)12-9-18(2)14-19-10-11-24(34)23(32)15-19/h10-11,14-15,21-22,25,28,34,39H,3-9,12-13,16-17H2,1-2H3,(H,35,36)/b18-14+/t21-,22+,25-,28-/m1/s1. The first kappa shape index (κ1) is 30.0. The number of likely N-dealkylation sites (tertiary alicyclic amines) is 1. The van der Waals surface area contributed by atoms with Gasteiger partial charge in [0.15, 0.2) is 11.6 Å². The number of hydrogen-bond acceptors (Lipinski definition) is 6. The summed E-state index contributed by atoms with van der Waals surface area (Å²) >= 11 is 0. The van der Waals surface area contributed by atoms with Crippen molar-refractivity contribution in [2.75, 3.05) is 6.54 Å². The summed E-state index contributed by atoms with van der Waals surface area (Å²) in [5, 5.41) is 29.0. The molecule has 1 aromatic rings. The molecule has 3 N–H and O–H groups in total. The summed E-state index contributed by atoms with van der Waals surface area (Å²) < 4.78 is 19.8. The minimum atomic E-state index is -1.04. The van der Waals surface area contributed by atoms with Crippen LogP contribution in [0.4, 0.5) is 4.39 Å². The Morgan fingerprint density at radius 2 is 1.95 bits per heavy atom. The number of benzene rings is 1. The molecule has 0 radical (unpaired) electrons. The number of halogens is 1. The van der Waals surface area contributed by atoms with E-state index in [9.17, 15) is 28.9 Å². The maximum absolute atomic E-state index is 13.8. The van der Waals surface area contributed by atoms with E-state index in [1.807, 2.05) is 13.0 Å². The number of carboxylic acids is 1. The third kappa shape index (κ3) is 6.66. The number of allylic oxidation sites excluding steroid dienone is 2. The van der Waals surface area contributed by atoms with Crippen LogP contribution in [-0.4, -0.2) is 57.7 Å². The van der Waals surface area contributed by atoms with Crippen LogP contribution in [-0.2, 0) is 19.0 Å². The Morgan fingerprint density at radius 3 is 2.65 bits per heavy atom. The van der Waals surface area contributed by atoms with Crippen molar-refractivity contribution in [3.63, 3.8) is 0 Å². The monoisotopic (exact) mass is 555 g/mol. The van der Waals surface area contributed by atoms with Crippen molar-refractivity contribution in [2.24, 2.45) is 17.8 Å². The maximum atomic E-state index is 13.8. The Labute approximate surface area is 235 Å². The number of phenolic OH excluding ortho intramolecular Hbond substituents is 1. The average molecular weight is 555 g/mol. The first-order valence-electron chi connectivity index (χ1n) is 14.4. The lowest BCUT2D eigenvalue weighted by molar-refractivity contribution is -0.141. The lowest BCUT2D eigenvalue weighted by atomic mass is 9.58. The first-order valence-corrected chi connectivity index (χ1v) is 14.4. The van der Waals surface area contributed by atoms with E-state index in [0.29, 0.717) is 50.6 Å². The van der Waals surface area contributed by atoms with E-state index >= 15 is 0 Å². The number of imide groups is 1. The van der Waals surface area contributed by atoms with Gasteiger partial charge in [0, 0.05) is 13.0 Å². The molecule has 10 heteroatoms. The van der Waals surface area contributed by atoms with Crippen LogP contribution in [0.2, 0.25) is 6.32 Å². The Kier molecular flexibility index (Phi) is 9.84. The fourth-order valence-electron chi connectivity index (χ4n) is 6.64. The summed E-state index contributed by atoms with van der Waals surface area (Å²) in [6.45, 7) is 4.31. The topological polar surface area (TPSA) is 124 Å². The van der Waals surface area contributed by atoms with E-state index in [4.69, 9.17) is 9.76 Å². The van der Waals surface area contributed by atoms with Gasteiger partial charge >= 0.3 is 13.1 Å². The third-order valence-corrected chi connectivity index (χ3v) is 8.41. The predicted octanol–water partition coefficient (Wildman–Crippen LogP) is 4.96. The summed E-state index contributed by atoms with van der Waals surface area (Å²) in [5.41, 5.74) is 3.83. The molecule has 1 aliphatic carbocycles. The molecule has 8 nitrogen and oxygen atoms in total. The Balaban J connectivity index is 1.50. The van der Waals surface area contributed by atoms with Gasteiger partial charge in [0.05, 0.1) is 17.9 Å². The van der Waals surface area contributed by atoms with E-state index in [1.54, 1.807) is 6.07 Å². The molecule has 1 aromatic carbocycles. The fourth-order valence-corrected chi connectivity index (χ4v) is 6.64. The number of aromatic hydroxyl groups is 1. The lowest BCUT2D eigenvalue weighted by Crippen LogP contribution is -2.46. The average Bonchev–Trinajstić information content (AvgIpc) is 3.13. The number of unbranched alkanes of at least 4 members (excludes halogenated alkanes) is 2. The van der Waals surface area contributed by atoms with Gasteiger partial charge in [-0.25, -0.2) is 4.39 Å². The number of amides is 2. The van der Waals surface area contributed by atoms with Crippen LogP contribution in [0.25, 0.3) is 6.08 Å². The van der Waals surface area contributed by atoms with Crippen molar-refractivity contribution in [1.82, 2.24) is 4.90 Å². The number of fused-ring (bicyclic) bond motifs is 3. The molecule has 40 heavy (non-hydrogen) atoms. The summed E-state index contributed by atoms with van der Waals surface area (Å²) in [7, 11) is -1.04. The zero-order chi connectivity index (χ0) is 29.0. The molecule has 3 aliphatic rings. The first-order chi connectivity index (χ1) is 19.1. The van der Waals surface area contributed by atoms with Crippen molar-refractivity contribution >= 4 is 31.0 Å². The van der Waals surface area contributed by atoms with Gasteiger partial charge in [-0.05, 0) is 81.0 Å². The maximum Gasteiger partial charge on any atom is 0.455 e. The molecule has 2 heterocycles. The summed E-state index contributed by atoms with van der Waals surface area (Å²) in [6, 6.07) is 4.24. The molecule has 2 amide bonds. The normalized spacial score (nSPS) is 24.9. The van der Waals surface area contributed by atoms with Gasteiger partial charge < -0.3 is 19.9 Å². The van der Waals surface area contributed by atoms with Crippen molar-refractivity contribution < 1.29 is 38.7 Å². The lowest BCUT2D eigenvalue weighted by Gasteiger charge is -2.43. The number of hydrogen-bond donors (Lipinski definition) is 3. The number of aliphatic carboxylic acids is 1. The van der Waals surface area contributed by atoms with Crippen molar-refractivity contribution in [3.05, 3.63) is 46.3 Å². The van der Waals surface area contributed by atoms with Gasteiger partial charge in [-0.3, -0.25) is 19.3 Å². The number of rotatable bonds is 12. The van der Waals surface area contributed by atoms with Crippen molar-refractivity contribution in [2.45, 2.75) is 84.1 Å². The molecule has 2 fully saturated rings. The molecule has 2 aliphatic heterocycles. The van der Waals surface area contributed by atoms with Gasteiger partial charge in [0.25, 0.3) is 0 Å². The van der Waals surface area contributed by atoms with Crippen molar-refractivity contribution in [3.8, 4) is 5.75 Å². The Hall–Kier alpha value is -2.98. The van der Waals surface area contributed by atoms with Gasteiger partial charge in [-0.1, -0.05) is 43.1 Å². The Morgan fingerprint density at radius 1 is 1.18 bits per heavy atom. The molecule has 4 rings (SSSR count). The number of carboxylic acid groups (broad SMARTS) is 1. The highest BCUT2D eigenvalue weighted by atomic mass is 19.1. The molecular formula is C30H39BFNO7. The molecule has 4 atom stereocenters. The van der Waals surface area contributed by atoms with Gasteiger partial charge in [-0.15, -0.1) is 0 Å². The van der Waals surface area contributed by atoms with Crippen LogP contribution in [0.1, 0.15) is 77.2 Å². The highest BCUT2D eigenvalue weighted by Crippen LogP contribution is 2.51. The van der Waals surface area contributed by atoms with Crippen LogP contribution in [0, 0.1) is 23.6 Å². The summed E-state index contributed by atoms with van der Waals surface area (Å²) in [6.07, 6.45) is 6.92. The van der Waals surface area contributed by atoms with Gasteiger partial charge in [-0.2, -0.15) is 0 Å². The summed E-state index contributed by atoms with van der Waals surface area (Å²) in [4.78, 5) is 39.1. The Bertz CT molecular complexity index is 1200. The second-order valence-corrected chi connectivity index (χ2v) is 11.3. The number of phenols is 1. The fraction of sp³-hybridized carbons (Fsp3) is 0.567. The second-order valence-electron chi connectivity index (χ2n) is 11.3. The highest BCUT2D eigenvalue weighted by molar-refractivity contribution is 6.43. The number of nitrogens with zero attached hydrogens (tertiary/aromatic N) is 1. The van der Waals surface area contributed by atoms with E-state index < -0.39 is 36.5 Å². The number of carbonyl (C=O) groups excluding carboxylic acids is 2. The minimum Gasteiger partial charge on any atom is -0.505 e. The van der Waals surface area contributed by atoms with Gasteiger partial charge in [0.1, 0.15) is 0 Å². The van der Waals surface area contributed by atoms with E-state index in [0.717, 1.165) is 29.6 Å². The van der Waals surface area contributed by atoms with Crippen LogP contribution in [0.5, 0.6) is 5.75 Å². The number of carbonyl (C=O) groups is 3. The van der Waals surface area contributed by atoms with Crippen LogP contribution >= 0.6 is 0 Å². The largest absolute Gasteiger partial charge is 0.505 e. The minimum absolute atomic E-state index is 0.0721. The SMILES string of the molecule is CCCC1=C2[C@@H](CC/C(C)=C/c3ccc(O)c(F)c3)OB(O)C[C@@H]2[C@@H]2C(=O)N(CCCCCC(=O)O)C(=O)[C@@H]2C1. The highest BCUT2D eigenvalue weighted by Gasteiger charge is 2.56. The quantitative estimate of drug-likeness (QED) is 0.144. The van der Waals surface area contributed by atoms with E-state index in [1.165, 1.54) is 17.0 Å². The second kappa shape index (κ2) is 13.1. The summed E-state index contributed by atoms with van der Waals surface area (Å²) in [5.74, 6) is -3.49. The van der Waals surface area contributed by atoms with Gasteiger partial charge in [0.2, 0.25) is 11.8 Å². The van der Waals surface area contributed by atoms with E-state index in [-0.39, 0.29) is 36.6 Å². The van der Waals surface area contributed by atoms with Crippen LogP contribution in [0.3, 0.4) is 0 Å². The predicted molar refractivity (Wildman–Crippen MR) is 148 cm³/mol. The van der Waals surface area contributed by atoms with Crippen LogP contribution in [0.15, 0.2) is 34.9 Å². The molecule has 0 aromatic heterocycles. The molecule has 2 saturated heterocycles. The smallest absolute Gasteiger partial charge is 0.455 e. The van der Waals surface area contributed by atoms with Crippen LogP contribution < -0.4 is 0 Å². The van der Waals surface area contributed by atoms with E-state index in [2.05, 4.69) is 6.92 Å². The molecular weight excluding hydrogens is 516 g/mol. The molecule has 0 spiro atoms. The zero-order valence-corrected chi connectivity index (χ0v) is 23.3. The van der Waals surface area contributed by atoms with Crippen molar-refractivity contribution in [1.29, 1.82) is 0 Å². The molecule has 0 bridgehead atoms. The molecule has 0 unspecified atom stereocenters. The molecule has 216 valence electrons. The third-order valence-electron chi connectivity index (χ3n) is 8.41. The zero-order valence-electron chi connectivity index (χ0n) is 23.3. The molecule has 0 saturated carbocycles.